The van der Waals surface area contributed by atoms with Crippen molar-refractivity contribution >= 4 is 11.8 Å². The fraction of sp³-hybridized carbons (Fsp3) is 0.125. The highest BCUT2D eigenvalue weighted by atomic mass is 16.2. The molecule has 2 amide bonds. The van der Waals surface area contributed by atoms with Crippen molar-refractivity contribution in [2.24, 2.45) is 5.11 Å². The highest BCUT2D eigenvalue weighted by molar-refractivity contribution is 6.10. The molecule has 0 aliphatic carbocycles. The van der Waals surface area contributed by atoms with Gasteiger partial charge in [0.25, 0.3) is 5.91 Å². The van der Waals surface area contributed by atoms with Crippen LogP contribution in [0.2, 0.25) is 0 Å². The third kappa shape index (κ3) is 2.21. The van der Waals surface area contributed by atoms with E-state index in [-0.39, 0.29) is 5.91 Å². The Morgan fingerprint density at radius 1 is 1.05 bits per heavy atom. The van der Waals surface area contributed by atoms with Gasteiger partial charge in [0, 0.05) is 10.5 Å². The molecule has 1 heterocycles. The second-order valence-electron chi connectivity index (χ2n) is 4.88. The molecule has 1 aliphatic heterocycles. The van der Waals surface area contributed by atoms with Crippen LogP contribution in [0.1, 0.15) is 22.0 Å². The van der Waals surface area contributed by atoms with Gasteiger partial charge in [0.1, 0.15) is 6.04 Å². The zero-order chi connectivity index (χ0) is 15.5. The van der Waals surface area contributed by atoms with Crippen LogP contribution in [-0.4, -0.2) is 22.8 Å². The lowest BCUT2D eigenvalue weighted by Crippen LogP contribution is -2.60. The number of carbonyl (C=O) groups excluding carboxylic acids is 2. The monoisotopic (exact) mass is 292 g/mol. The summed E-state index contributed by atoms with van der Waals surface area (Å²) >= 11 is 0. The predicted octanol–water partition coefficient (Wildman–Crippen LogP) is 3.09. The molecule has 1 aliphatic rings. The molecule has 0 bridgehead atoms. The van der Waals surface area contributed by atoms with Crippen LogP contribution in [0.3, 0.4) is 0 Å². The van der Waals surface area contributed by atoms with E-state index >= 15 is 0 Å². The molecule has 108 valence electrons. The summed E-state index contributed by atoms with van der Waals surface area (Å²) in [5.41, 5.74) is 9.82. The van der Waals surface area contributed by atoms with Crippen LogP contribution < -0.4 is 0 Å². The minimum atomic E-state index is -0.875. The van der Waals surface area contributed by atoms with E-state index in [0.29, 0.717) is 5.56 Å². The van der Waals surface area contributed by atoms with Crippen LogP contribution in [0, 0.1) is 0 Å². The average molecular weight is 292 g/mol. The number of rotatable bonds is 3. The number of carbonyl (C=O) groups is 2. The molecule has 1 fully saturated rings. The Balaban J connectivity index is 1.97. The van der Waals surface area contributed by atoms with E-state index in [2.05, 4.69) is 10.0 Å². The molecule has 0 N–H and O–H groups in total. The largest absolute Gasteiger partial charge is 0.274 e. The number of amides is 2. The van der Waals surface area contributed by atoms with Crippen molar-refractivity contribution in [3.8, 4) is 0 Å². The van der Waals surface area contributed by atoms with Gasteiger partial charge in [-0.05, 0) is 23.2 Å². The number of β-lactam (4-membered cyclic amide) rings is 1. The van der Waals surface area contributed by atoms with E-state index in [1.165, 1.54) is 0 Å². The van der Waals surface area contributed by atoms with Crippen molar-refractivity contribution in [3.63, 3.8) is 0 Å². The van der Waals surface area contributed by atoms with E-state index in [1.54, 1.807) is 30.3 Å². The van der Waals surface area contributed by atoms with Crippen molar-refractivity contribution in [1.29, 1.82) is 0 Å². The number of hydrogen-bond donors (Lipinski definition) is 0. The van der Waals surface area contributed by atoms with Gasteiger partial charge in [0.05, 0.1) is 6.04 Å². The normalized spacial score (nSPS) is 20.0. The number of benzene rings is 2. The second-order valence-corrected chi connectivity index (χ2v) is 4.88. The van der Waals surface area contributed by atoms with Crippen molar-refractivity contribution in [1.82, 2.24) is 4.90 Å². The molecule has 0 aromatic heterocycles. The van der Waals surface area contributed by atoms with Gasteiger partial charge in [0.2, 0.25) is 5.91 Å². The standard InChI is InChI=1S/C16H12N4O2/c17-19-18-13-14(11-7-3-1-4-8-11)20(16(13)22)15(21)12-9-5-2-6-10-12/h1-10,13-14H/t13-,14+/m1/s1. The first kappa shape index (κ1) is 13.9. The van der Waals surface area contributed by atoms with Crippen molar-refractivity contribution in [2.75, 3.05) is 0 Å². The van der Waals surface area contributed by atoms with Gasteiger partial charge < -0.3 is 0 Å². The number of azide groups is 1. The highest BCUT2D eigenvalue weighted by Gasteiger charge is 2.51. The summed E-state index contributed by atoms with van der Waals surface area (Å²) in [6.45, 7) is 0. The first-order valence-electron chi connectivity index (χ1n) is 6.75. The Labute approximate surface area is 126 Å². The molecular weight excluding hydrogens is 280 g/mol. The molecular formula is C16H12N4O2. The molecule has 3 rings (SSSR count). The van der Waals surface area contributed by atoms with Crippen molar-refractivity contribution in [2.45, 2.75) is 12.1 Å². The molecule has 2 aromatic rings. The minimum absolute atomic E-state index is 0.385. The van der Waals surface area contributed by atoms with E-state index in [9.17, 15) is 9.59 Å². The van der Waals surface area contributed by atoms with Gasteiger partial charge in [-0.1, -0.05) is 53.6 Å². The molecule has 22 heavy (non-hydrogen) atoms. The maximum absolute atomic E-state index is 12.5. The Bertz CT molecular complexity index is 754. The number of hydrogen-bond acceptors (Lipinski definition) is 3. The summed E-state index contributed by atoms with van der Waals surface area (Å²) in [5, 5.41) is 3.53. The van der Waals surface area contributed by atoms with Gasteiger partial charge in [0.15, 0.2) is 0 Å². The van der Waals surface area contributed by atoms with Crippen LogP contribution in [0.4, 0.5) is 0 Å². The van der Waals surface area contributed by atoms with E-state index in [4.69, 9.17) is 5.53 Å². The fourth-order valence-electron chi connectivity index (χ4n) is 2.57. The van der Waals surface area contributed by atoms with E-state index in [0.717, 1.165) is 10.5 Å². The molecule has 6 nitrogen and oxygen atoms in total. The lowest BCUT2D eigenvalue weighted by molar-refractivity contribution is -0.144. The first-order valence-corrected chi connectivity index (χ1v) is 6.75. The topological polar surface area (TPSA) is 86.1 Å². The Morgan fingerprint density at radius 2 is 1.64 bits per heavy atom. The number of nitrogens with zero attached hydrogens (tertiary/aromatic N) is 4. The van der Waals surface area contributed by atoms with E-state index < -0.39 is 18.0 Å². The molecule has 6 heteroatoms. The van der Waals surface area contributed by atoms with Gasteiger partial charge >= 0.3 is 0 Å². The summed E-state index contributed by atoms with van der Waals surface area (Å²) in [6, 6.07) is 16.2. The number of likely N-dealkylation sites (tertiary alicyclic amines) is 1. The summed E-state index contributed by atoms with van der Waals surface area (Å²) in [4.78, 5) is 28.6. The highest BCUT2D eigenvalue weighted by Crippen LogP contribution is 2.38. The zero-order valence-electron chi connectivity index (χ0n) is 11.5. The third-order valence-corrected chi connectivity index (χ3v) is 3.62. The van der Waals surface area contributed by atoms with Crippen molar-refractivity contribution in [3.05, 3.63) is 82.2 Å². The van der Waals surface area contributed by atoms with Crippen LogP contribution in [-0.2, 0) is 4.79 Å². The lowest BCUT2D eigenvalue weighted by atomic mass is 9.88. The van der Waals surface area contributed by atoms with Crippen LogP contribution in [0.25, 0.3) is 10.4 Å². The maximum atomic E-state index is 12.5. The van der Waals surface area contributed by atoms with Crippen LogP contribution in [0.5, 0.6) is 0 Å². The Hall–Kier alpha value is -3.11. The minimum Gasteiger partial charge on any atom is -0.274 e. The van der Waals surface area contributed by atoms with Gasteiger partial charge in [-0.3, -0.25) is 14.5 Å². The fourth-order valence-corrected chi connectivity index (χ4v) is 2.57. The molecule has 0 radical (unpaired) electrons. The molecule has 2 aromatic carbocycles. The van der Waals surface area contributed by atoms with Gasteiger partial charge in [-0.15, -0.1) is 0 Å². The van der Waals surface area contributed by atoms with Crippen molar-refractivity contribution < 1.29 is 9.59 Å². The Morgan fingerprint density at radius 3 is 2.23 bits per heavy atom. The third-order valence-electron chi connectivity index (χ3n) is 3.62. The molecule has 0 saturated carbocycles. The first-order chi connectivity index (χ1) is 10.7. The lowest BCUT2D eigenvalue weighted by Gasteiger charge is -2.43. The summed E-state index contributed by atoms with van der Waals surface area (Å²) in [5.74, 6) is -0.857. The van der Waals surface area contributed by atoms with Gasteiger partial charge in [-0.25, -0.2) is 0 Å². The molecule has 0 spiro atoms. The predicted molar refractivity (Wildman–Crippen MR) is 79.7 cm³/mol. The summed E-state index contributed by atoms with van der Waals surface area (Å²) in [7, 11) is 0. The zero-order valence-corrected chi connectivity index (χ0v) is 11.5. The smallest absolute Gasteiger partial charge is 0.261 e. The molecule has 1 saturated heterocycles. The maximum Gasteiger partial charge on any atom is 0.261 e. The van der Waals surface area contributed by atoms with E-state index in [1.807, 2.05) is 30.3 Å². The van der Waals surface area contributed by atoms with Crippen LogP contribution in [0.15, 0.2) is 65.8 Å². The second kappa shape index (κ2) is 5.71. The SMILES string of the molecule is [N-]=[N+]=N[C@H]1C(=O)N(C(=O)c2ccccc2)[C@H]1c1ccccc1. The quantitative estimate of drug-likeness (QED) is 0.286. The summed E-state index contributed by atoms with van der Waals surface area (Å²) in [6.07, 6.45) is 0. The molecule has 2 atom stereocenters. The number of imide groups is 1. The van der Waals surface area contributed by atoms with Gasteiger partial charge in [-0.2, -0.15) is 0 Å². The Kier molecular flexibility index (Phi) is 3.60. The van der Waals surface area contributed by atoms with Crippen LogP contribution >= 0.6 is 0 Å². The average Bonchev–Trinajstić information content (AvgIpc) is 2.58. The molecule has 0 unspecified atom stereocenters. The summed E-state index contributed by atoms with van der Waals surface area (Å²) < 4.78 is 0.